The molecule has 18 heavy (non-hydrogen) atoms. The van der Waals surface area contributed by atoms with Gasteiger partial charge < -0.3 is 5.73 Å². The van der Waals surface area contributed by atoms with Crippen molar-refractivity contribution in [2.24, 2.45) is 41.2 Å². The molecule has 6 atom stereocenters. The Labute approximate surface area is 113 Å². The van der Waals surface area contributed by atoms with Crippen LogP contribution in [0.3, 0.4) is 0 Å². The second kappa shape index (κ2) is 5.15. The van der Waals surface area contributed by atoms with Gasteiger partial charge in [-0.2, -0.15) is 0 Å². The van der Waals surface area contributed by atoms with Gasteiger partial charge in [0.05, 0.1) is 0 Å². The number of fused-ring (bicyclic) bond motifs is 2. The molecule has 0 aromatic rings. The van der Waals surface area contributed by atoms with Gasteiger partial charge in [-0.3, -0.25) is 0 Å². The van der Waals surface area contributed by atoms with Crippen LogP contribution in [0, 0.1) is 35.5 Å². The summed E-state index contributed by atoms with van der Waals surface area (Å²) in [5.74, 6) is 5.50. The smallest absolute Gasteiger partial charge is 0.0101 e. The van der Waals surface area contributed by atoms with Crippen LogP contribution in [-0.4, -0.2) is 6.04 Å². The van der Waals surface area contributed by atoms with Crippen molar-refractivity contribution < 1.29 is 0 Å². The van der Waals surface area contributed by atoms with Crippen molar-refractivity contribution in [3.8, 4) is 0 Å². The van der Waals surface area contributed by atoms with Gasteiger partial charge in [0.2, 0.25) is 0 Å². The Bertz CT molecular complexity index is 285. The average Bonchev–Trinajstić information content (AvgIpc) is 2.80. The second-order valence-electron chi connectivity index (χ2n) is 7.69. The summed E-state index contributed by atoms with van der Waals surface area (Å²) in [5, 5.41) is 0. The molecule has 3 aliphatic carbocycles. The molecule has 0 amide bonds. The maximum Gasteiger partial charge on any atom is 0.0101 e. The van der Waals surface area contributed by atoms with Crippen LogP contribution in [-0.2, 0) is 0 Å². The summed E-state index contributed by atoms with van der Waals surface area (Å²) in [7, 11) is 0. The Kier molecular flexibility index (Phi) is 3.71. The first-order chi connectivity index (χ1) is 8.68. The lowest BCUT2D eigenvalue weighted by Crippen LogP contribution is -2.41. The molecule has 1 heteroatoms. The minimum absolute atomic E-state index is 0.534. The SMILES string of the molecule is CC(C)C1C[C@@H]2CCCC[C@@H]2[C@H](N)C2CCC[C@H]12. The molecule has 0 saturated heterocycles. The van der Waals surface area contributed by atoms with Gasteiger partial charge in [-0.1, -0.05) is 39.5 Å². The van der Waals surface area contributed by atoms with Crippen molar-refractivity contribution >= 4 is 0 Å². The zero-order chi connectivity index (χ0) is 12.7. The molecular formula is C17H31N. The topological polar surface area (TPSA) is 26.0 Å². The Hall–Kier alpha value is -0.0400. The monoisotopic (exact) mass is 249 g/mol. The van der Waals surface area contributed by atoms with Gasteiger partial charge in [-0.25, -0.2) is 0 Å². The van der Waals surface area contributed by atoms with Crippen LogP contribution in [0.15, 0.2) is 0 Å². The molecule has 104 valence electrons. The zero-order valence-electron chi connectivity index (χ0n) is 12.3. The minimum atomic E-state index is 0.534. The van der Waals surface area contributed by atoms with Crippen molar-refractivity contribution in [2.45, 2.75) is 71.3 Å². The van der Waals surface area contributed by atoms with Crippen LogP contribution in [0.4, 0.5) is 0 Å². The fraction of sp³-hybridized carbons (Fsp3) is 1.00. The van der Waals surface area contributed by atoms with E-state index in [1.54, 1.807) is 0 Å². The molecule has 0 radical (unpaired) electrons. The molecule has 0 heterocycles. The first kappa shape index (κ1) is 13.0. The van der Waals surface area contributed by atoms with E-state index >= 15 is 0 Å². The van der Waals surface area contributed by atoms with Gasteiger partial charge in [-0.15, -0.1) is 0 Å². The van der Waals surface area contributed by atoms with Crippen molar-refractivity contribution in [1.82, 2.24) is 0 Å². The fourth-order valence-corrected chi connectivity index (χ4v) is 5.67. The molecule has 0 aromatic heterocycles. The first-order valence-corrected chi connectivity index (χ1v) is 8.44. The quantitative estimate of drug-likeness (QED) is 0.740. The van der Waals surface area contributed by atoms with E-state index in [0.29, 0.717) is 6.04 Å². The van der Waals surface area contributed by atoms with E-state index in [1.807, 2.05) is 0 Å². The van der Waals surface area contributed by atoms with Gasteiger partial charge in [0.15, 0.2) is 0 Å². The second-order valence-corrected chi connectivity index (χ2v) is 7.69. The van der Waals surface area contributed by atoms with E-state index in [-0.39, 0.29) is 0 Å². The average molecular weight is 249 g/mol. The molecule has 2 N–H and O–H groups in total. The van der Waals surface area contributed by atoms with Crippen LogP contribution < -0.4 is 5.73 Å². The van der Waals surface area contributed by atoms with Gasteiger partial charge in [0, 0.05) is 6.04 Å². The van der Waals surface area contributed by atoms with E-state index in [1.165, 1.54) is 51.4 Å². The number of rotatable bonds is 1. The minimum Gasteiger partial charge on any atom is -0.327 e. The first-order valence-electron chi connectivity index (χ1n) is 8.44. The van der Waals surface area contributed by atoms with Crippen LogP contribution >= 0.6 is 0 Å². The third kappa shape index (κ3) is 2.13. The van der Waals surface area contributed by atoms with Crippen molar-refractivity contribution in [3.63, 3.8) is 0 Å². The Morgan fingerprint density at radius 1 is 0.833 bits per heavy atom. The van der Waals surface area contributed by atoms with Crippen molar-refractivity contribution in [1.29, 1.82) is 0 Å². The highest BCUT2D eigenvalue weighted by atomic mass is 14.7. The molecule has 2 unspecified atom stereocenters. The van der Waals surface area contributed by atoms with Gasteiger partial charge in [0.1, 0.15) is 0 Å². The van der Waals surface area contributed by atoms with Crippen LogP contribution in [0.1, 0.15) is 65.2 Å². The summed E-state index contributed by atoms with van der Waals surface area (Å²) in [5.41, 5.74) is 6.74. The maximum atomic E-state index is 6.74. The number of hydrogen-bond acceptors (Lipinski definition) is 1. The Morgan fingerprint density at radius 2 is 1.50 bits per heavy atom. The summed E-state index contributed by atoms with van der Waals surface area (Å²) in [6.45, 7) is 4.91. The molecule has 3 rings (SSSR count). The molecule has 0 aromatic carbocycles. The highest BCUT2D eigenvalue weighted by Crippen LogP contribution is 2.52. The third-order valence-electron chi connectivity index (χ3n) is 6.56. The van der Waals surface area contributed by atoms with Crippen LogP contribution in [0.5, 0.6) is 0 Å². The molecule has 3 saturated carbocycles. The van der Waals surface area contributed by atoms with Crippen molar-refractivity contribution in [3.05, 3.63) is 0 Å². The molecule has 3 fully saturated rings. The molecule has 1 nitrogen and oxygen atoms in total. The Morgan fingerprint density at radius 3 is 2.28 bits per heavy atom. The molecule has 0 bridgehead atoms. The van der Waals surface area contributed by atoms with E-state index in [0.717, 1.165) is 35.5 Å². The summed E-state index contributed by atoms with van der Waals surface area (Å²) in [4.78, 5) is 0. The summed E-state index contributed by atoms with van der Waals surface area (Å²) in [6, 6.07) is 0.534. The molecule has 0 spiro atoms. The van der Waals surface area contributed by atoms with E-state index in [9.17, 15) is 0 Å². The van der Waals surface area contributed by atoms with E-state index < -0.39 is 0 Å². The van der Waals surface area contributed by atoms with E-state index in [2.05, 4.69) is 13.8 Å². The highest BCUT2D eigenvalue weighted by molar-refractivity contribution is 4.99. The normalized spacial score (nSPS) is 48.7. The summed E-state index contributed by atoms with van der Waals surface area (Å²) < 4.78 is 0. The standard InChI is InChI=1S/C17H31N/c1-11(2)16-10-12-6-3-4-7-13(12)17(18)15-9-5-8-14(15)16/h11-17H,3-10,18H2,1-2H3/t12-,13-,14-,15?,16?,17-/m0/s1. The fourth-order valence-electron chi connectivity index (χ4n) is 5.67. The van der Waals surface area contributed by atoms with Gasteiger partial charge >= 0.3 is 0 Å². The van der Waals surface area contributed by atoms with Crippen molar-refractivity contribution in [2.75, 3.05) is 0 Å². The molecular weight excluding hydrogens is 218 g/mol. The predicted octanol–water partition coefficient (Wildman–Crippen LogP) is 4.21. The Balaban J connectivity index is 1.87. The lowest BCUT2D eigenvalue weighted by atomic mass is 9.72. The molecule has 3 aliphatic rings. The largest absolute Gasteiger partial charge is 0.327 e. The third-order valence-corrected chi connectivity index (χ3v) is 6.56. The van der Waals surface area contributed by atoms with E-state index in [4.69, 9.17) is 5.73 Å². The van der Waals surface area contributed by atoms with Crippen LogP contribution in [0.25, 0.3) is 0 Å². The summed E-state index contributed by atoms with van der Waals surface area (Å²) in [6.07, 6.45) is 11.7. The van der Waals surface area contributed by atoms with Crippen LogP contribution in [0.2, 0.25) is 0 Å². The lowest BCUT2D eigenvalue weighted by molar-refractivity contribution is 0.170. The number of hydrogen-bond donors (Lipinski definition) is 1. The number of nitrogens with two attached hydrogens (primary N) is 1. The molecule has 0 aliphatic heterocycles. The lowest BCUT2D eigenvalue weighted by Gasteiger charge is -2.36. The zero-order valence-corrected chi connectivity index (χ0v) is 12.3. The summed E-state index contributed by atoms with van der Waals surface area (Å²) >= 11 is 0. The highest BCUT2D eigenvalue weighted by Gasteiger charge is 2.46. The maximum absolute atomic E-state index is 6.74. The van der Waals surface area contributed by atoms with Gasteiger partial charge in [0.25, 0.3) is 0 Å². The predicted molar refractivity (Wildman–Crippen MR) is 77.2 cm³/mol. The van der Waals surface area contributed by atoms with Gasteiger partial charge in [-0.05, 0) is 61.2 Å².